The van der Waals surface area contributed by atoms with Crippen LogP contribution >= 0.6 is 0 Å². The number of amides is 3. The molecule has 2 unspecified atom stereocenters. The van der Waals surface area contributed by atoms with E-state index < -0.39 is 36.5 Å². The summed E-state index contributed by atoms with van der Waals surface area (Å²) in [6.45, 7) is 5.81. The third-order valence-corrected chi connectivity index (χ3v) is 5.73. The molecule has 2 rings (SSSR count). The molecule has 1 fully saturated rings. The highest BCUT2D eigenvalue weighted by molar-refractivity contribution is 5.92. The van der Waals surface area contributed by atoms with Gasteiger partial charge in [-0.3, -0.25) is 14.5 Å². The van der Waals surface area contributed by atoms with Gasteiger partial charge < -0.3 is 23.8 Å². The molecule has 1 heterocycles. The van der Waals surface area contributed by atoms with E-state index in [-0.39, 0.29) is 31.8 Å². The average Bonchev–Trinajstić information content (AvgIpc) is 3.19. The molecule has 0 spiro atoms. The molecule has 196 valence electrons. The zero-order chi connectivity index (χ0) is 26.8. The summed E-state index contributed by atoms with van der Waals surface area (Å²) in [5.41, 5.74) is 2.33. The van der Waals surface area contributed by atoms with Gasteiger partial charge in [-0.2, -0.15) is 0 Å². The molecule has 11 heteroatoms. The molecule has 1 aliphatic heterocycles. The molecule has 11 nitrogen and oxygen atoms in total. The minimum atomic E-state index is -1.19. The summed E-state index contributed by atoms with van der Waals surface area (Å²) in [4.78, 5) is 72.5. The summed E-state index contributed by atoms with van der Waals surface area (Å²) in [5.74, 6) is -1.29. The summed E-state index contributed by atoms with van der Waals surface area (Å²) >= 11 is 0. The molecule has 1 aliphatic rings. The van der Waals surface area contributed by atoms with E-state index >= 15 is 0 Å². The Kier molecular flexibility index (Phi) is 10.6. The highest BCUT2D eigenvalue weighted by atomic mass is 16.7. The van der Waals surface area contributed by atoms with E-state index in [4.69, 9.17) is 14.2 Å². The number of ether oxygens (including phenoxy) is 3. The fourth-order valence-electron chi connectivity index (χ4n) is 3.93. The van der Waals surface area contributed by atoms with Crippen LogP contribution in [0, 0.1) is 6.92 Å². The van der Waals surface area contributed by atoms with Crippen molar-refractivity contribution in [3.8, 4) is 0 Å². The second kappa shape index (κ2) is 13.4. The van der Waals surface area contributed by atoms with Gasteiger partial charge in [0.1, 0.15) is 18.7 Å². The first-order valence-electron chi connectivity index (χ1n) is 11.7. The molecule has 0 saturated carbocycles. The van der Waals surface area contributed by atoms with E-state index in [1.165, 1.54) is 18.7 Å². The zero-order valence-corrected chi connectivity index (χ0v) is 20.9. The largest absolute Gasteiger partial charge is 0.442 e. The molecular weight excluding hydrogens is 472 g/mol. The average molecular weight is 505 g/mol. The van der Waals surface area contributed by atoms with Gasteiger partial charge in [0.15, 0.2) is 0 Å². The van der Waals surface area contributed by atoms with Gasteiger partial charge >= 0.3 is 18.2 Å². The number of esters is 1. The number of rotatable bonds is 12. The van der Waals surface area contributed by atoms with Crippen LogP contribution in [0.3, 0.4) is 0 Å². The molecule has 36 heavy (non-hydrogen) atoms. The minimum absolute atomic E-state index is 0.0813. The first-order valence-corrected chi connectivity index (χ1v) is 11.7. The summed E-state index contributed by atoms with van der Waals surface area (Å²) < 4.78 is 15.3. The van der Waals surface area contributed by atoms with Gasteiger partial charge in [0.25, 0.3) is 0 Å². The Morgan fingerprint density at radius 3 is 2.53 bits per heavy atom. The second-order valence-corrected chi connectivity index (χ2v) is 8.42. The minimum Gasteiger partial charge on any atom is -0.442 e. The van der Waals surface area contributed by atoms with Gasteiger partial charge in [-0.05, 0) is 42.5 Å². The van der Waals surface area contributed by atoms with Crippen molar-refractivity contribution < 1.29 is 43.0 Å². The number of carbonyl (C=O) groups is 6. The van der Waals surface area contributed by atoms with Gasteiger partial charge in [0.05, 0.1) is 13.1 Å². The van der Waals surface area contributed by atoms with Crippen molar-refractivity contribution in [3.63, 3.8) is 0 Å². The number of carbonyl (C=O) groups excluding carboxylic acids is 6. The normalized spacial score (nSPS) is 16.5. The van der Waals surface area contributed by atoms with Crippen molar-refractivity contribution in [1.29, 1.82) is 0 Å². The van der Waals surface area contributed by atoms with Crippen LogP contribution < -0.4 is 4.90 Å². The number of anilines is 1. The highest BCUT2D eigenvalue weighted by Gasteiger charge is 2.36. The molecule has 1 aromatic carbocycles. The molecular formula is C25H32N2O9. The van der Waals surface area contributed by atoms with Crippen LogP contribution in [0.15, 0.2) is 18.2 Å². The van der Waals surface area contributed by atoms with Crippen molar-refractivity contribution in [2.24, 2.45) is 0 Å². The lowest BCUT2D eigenvalue weighted by Gasteiger charge is -2.23. The van der Waals surface area contributed by atoms with Crippen LogP contribution in [-0.2, 0) is 33.4 Å². The molecule has 1 aromatic rings. The third-order valence-electron chi connectivity index (χ3n) is 5.73. The first-order chi connectivity index (χ1) is 17.1. The van der Waals surface area contributed by atoms with Crippen LogP contribution in [-0.4, -0.2) is 67.0 Å². The van der Waals surface area contributed by atoms with Crippen molar-refractivity contribution in [3.05, 3.63) is 29.3 Å². The van der Waals surface area contributed by atoms with Crippen molar-refractivity contribution in [2.75, 3.05) is 18.0 Å². The Hall–Kier alpha value is -3.76. The van der Waals surface area contributed by atoms with Gasteiger partial charge in [-0.25, -0.2) is 14.5 Å². The number of aldehydes is 2. The highest BCUT2D eigenvalue weighted by Crippen LogP contribution is 2.31. The number of nitrogens with zero attached hydrogens (tertiary/aromatic N) is 2. The standard InChI is InChI=1S/C25H32N2O9/c1-5-23(31)34-18(4)35-24(32)26(17(3)30)14-21-15-27(25(33)36-21)20-8-9-22(16(2)13-20)19(10-12-29)7-6-11-28/h8-9,11-13,18-19,21H,5-7,10,14-15H2,1-4H3/t18?,19?,21-/m0/s1. The number of hydrogen-bond acceptors (Lipinski definition) is 9. The maximum Gasteiger partial charge on any atom is 0.419 e. The lowest BCUT2D eigenvalue weighted by molar-refractivity contribution is -0.166. The Bertz CT molecular complexity index is 994. The van der Waals surface area contributed by atoms with Gasteiger partial charge in [0.2, 0.25) is 12.2 Å². The number of imide groups is 1. The molecule has 0 aromatic heterocycles. The quantitative estimate of drug-likeness (QED) is 0.239. The summed E-state index contributed by atoms with van der Waals surface area (Å²) in [6.07, 6.45) is -0.740. The summed E-state index contributed by atoms with van der Waals surface area (Å²) in [5, 5.41) is 0. The predicted molar refractivity (Wildman–Crippen MR) is 127 cm³/mol. The summed E-state index contributed by atoms with van der Waals surface area (Å²) in [6, 6.07) is 5.34. The number of hydrogen-bond donors (Lipinski definition) is 0. The number of benzene rings is 1. The lowest BCUT2D eigenvalue weighted by Crippen LogP contribution is -2.43. The van der Waals surface area contributed by atoms with Crippen LogP contribution in [0.4, 0.5) is 15.3 Å². The Labute approximate surface area is 209 Å². The fourth-order valence-corrected chi connectivity index (χ4v) is 3.93. The van der Waals surface area contributed by atoms with Crippen molar-refractivity contribution in [2.45, 2.75) is 71.7 Å². The molecule has 0 aliphatic carbocycles. The third kappa shape index (κ3) is 7.62. The Balaban J connectivity index is 2.09. The zero-order valence-electron chi connectivity index (χ0n) is 20.9. The van der Waals surface area contributed by atoms with E-state index in [2.05, 4.69) is 0 Å². The van der Waals surface area contributed by atoms with Crippen LogP contribution in [0.1, 0.15) is 63.5 Å². The molecule has 1 saturated heterocycles. The Morgan fingerprint density at radius 1 is 1.22 bits per heavy atom. The fraction of sp³-hybridized carbons (Fsp3) is 0.520. The smallest absolute Gasteiger partial charge is 0.419 e. The molecule has 0 bridgehead atoms. The predicted octanol–water partition coefficient (Wildman–Crippen LogP) is 3.26. The van der Waals surface area contributed by atoms with E-state index in [0.29, 0.717) is 18.5 Å². The molecule has 3 amide bonds. The number of aryl methyl sites for hydroxylation is 1. The molecule has 3 atom stereocenters. The van der Waals surface area contributed by atoms with Gasteiger partial charge in [-0.1, -0.05) is 13.0 Å². The van der Waals surface area contributed by atoms with E-state index in [1.807, 2.05) is 13.0 Å². The van der Waals surface area contributed by atoms with Gasteiger partial charge in [-0.15, -0.1) is 0 Å². The topological polar surface area (TPSA) is 137 Å². The van der Waals surface area contributed by atoms with E-state index in [0.717, 1.165) is 28.6 Å². The molecule has 0 radical (unpaired) electrons. The SMILES string of the molecule is CCC(=O)OC(C)OC(=O)N(C[C@H]1CN(c2ccc(C(CC=O)CCC=O)c(C)c2)C(=O)O1)C(C)=O. The first kappa shape index (κ1) is 28.5. The van der Waals surface area contributed by atoms with Crippen LogP contribution in [0.2, 0.25) is 0 Å². The summed E-state index contributed by atoms with van der Waals surface area (Å²) in [7, 11) is 0. The maximum absolute atomic E-state index is 12.6. The van der Waals surface area contributed by atoms with Crippen LogP contribution in [0.5, 0.6) is 0 Å². The van der Waals surface area contributed by atoms with E-state index in [9.17, 15) is 28.8 Å². The number of cyclic esters (lactones) is 1. The van der Waals surface area contributed by atoms with Crippen LogP contribution in [0.25, 0.3) is 0 Å². The van der Waals surface area contributed by atoms with Gasteiger partial charge in [0, 0.05) is 38.8 Å². The Morgan fingerprint density at radius 2 is 1.94 bits per heavy atom. The lowest BCUT2D eigenvalue weighted by atomic mass is 9.88. The van der Waals surface area contributed by atoms with Crippen molar-refractivity contribution >= 4 is 42.3 Å². The van der Waals surface area contributed by atoms with E-state index in [1.54, 1.807) is 19.1 Å². The monoisotopic (exact) mass is 504 g/mol. The second-order valence-electron chi connectivity index (χ2n) is 8.42. The molecule has 0 N–H and O–H groups in total. The van der Waals surface area contributed by atoms with Crippen molar-refractivity contribution in [1.82, 2.24) is 4.90 Å². The maximum atomic E-state index is 12.6.